The second-order valence-corrected chi connectivity index (χ2v) is 5.90. The predicted molar refractivity (Wildman–Crippen MR) is 105 cm³/mol. The van der Waals surface area contributed by atoms with Crippen molar-refractivity contribution < 1.29 is 19.1 Å². The highest BCUT2D eigenvalue weighted by Crippen LogP contribution is 2.28. The molecule has 0 aliphatic heterocycles. The van der Waals surface area contributed by atoms with E-state index in [-0.39, 0.29) is 30.7 Å². The van der Waals surface area contributed by atoms with Crippen LogP contribution < -0.4 is 20.3 Å². The number of ether oxygens (including phenoxy) is 1. The first-order valence-corrected chi connectivity index (χ1v) is 8.49. The fraction of sp³-hybridized carbons (Fsp3) is 0.250. The van der Waals surface area contributed by atoms with E-state index in [1.165, 1.54) is 25.9 Å². The maximum Gasteiger partial charge on any atom is 0.226 e. The summed E-state index contributed by atoms with van der Waals surface area (Å²) in [5.74, 6) is -0.0421. The summed E-state index contributed by atoms with van der Waals surface area (Å²) in [6.45, 7) is 3.08. The average molecular weight is 369 g/mol. The van der Waals surface area contributed by atoms with E-state index in [2.05, 4.69) is 10.6 Å². The zero-order valence-electron chi connectivity index (χ0n) is 15.6. The van der Waals surface area contributed by atoms with Crippen molar-refractivity contribution in [1.82, 2.24) is 0 Å². The Hall–Kier alpha value is -3.35. The lowest BCUT2D eigenvalue weighted by Gasteiger charge is -2.23. The molecule has 7 heteroatoms. The van der Waals surface area contributed by atoms with Crippen LogP contribution in [0.2, 0.25) is 0 Å². The number of nitrogens with zero attached hydrogens (tertiary/aromatic N) is 1. The SMILES string of the molecule is COc1ccccc1N(CCC(=O)Nc1cccc(NC(C)=O)c1)C(C)=O. The van der Waals surface area contributed by atoms with E-state index in [9.17, 15) is 14.4 Å². The molecule has 0 radical (unpaired) electrons. The van der Waals surface area contributed by atoms with Gasteiger partial charge in [0.15, 0.2) is 0 Å². The Morgan fingerprint density at radius 1 is 0.963 bits per heavy atom. The smallest absolute Gasteiger partial charge is 0.226 e. The number of nitrogens with one attached hydrogen (secondary N) is 2. The first-order chi connectivity index (χ1) is 12.9. The van der Waals surface area contributed by atoms with Gasteiger partial charge in [0, 0.05) is 38.2 Å². The standard InChI is InChI=1S/C20H23N3O4/c1-14(24)21-16-7-6-8-17(13-16)22-20(26)11-12-23(15(2)25)18-9-4-5-10-19(18)27-3/h4-10,13H,11-12H2,1-3H3,(H,21,24)(H,22,26). The molecule has 0 saturated heterocycles. The number of methoxy groups -OCH3 is 1. The second kappa shape index (κ2) is 9.38. The number of carbonyl (C=O) groups is 3. The number of anilines is 3. The van der Waals surface area contributed by atoms with Gasteiger partial charge in [-0.05, 0) is 30.3 Å². The lowest BCUT2D eigenvalue weighted by Crippen LogP contribution is -2.32. The Morgan fingerprint density at radius 2 is 1.63 bits per heavy atom. The van der Waals surface area contributed by atoms with Crippen LogP contribution in [-0.2, 0) is 14.4 Å². The second-order valence-electron chi connectivity index (χ2n) is 5.90. The molecule has 2 rings (SSSR count). The van der Waals surface area contributed by atoms with Crippen LogP contribution in [0.15, 0.2) is 48.5 Å². The third-order valence-electron chi connectivity index (χ3n) is 3.79. The summed E-state index contributed by atoms with van der Waals surface area (Å²) in [4.78, 5) is 37.0. The number of para-hydroxylation sites is 2. The molecule has 27 heavy (non-hydrogen) atoms. The van der Waals surface area contributed by atoms with Crippen molar-refractivity contribution in [3.8, 4) is 5.75 Å². The zero-order chi connectivity index (χ0) is 19.8. The molecule has 0 aliphatic rings. The van der Waals surface area contributed by atoms with Crippen LogP contribution in [0.1, 0.15) is 20.3 Å². The van der Waals surface area contributed by atoms with Gasteiger partial charge >= 0.3 is 0 Å². The molecule has 7 nitrogen and oxygen atoms in total. The molecule has 3 amide bonds. The lowest BCUT2D eigenvalue weighted by atomic mass is 10.2. The first-order valence-electron chi connectivity index (χ1n) is 8.49. The number of hydrogen-bond acceptors (Lipinski definition) is 4. The van der Waals surface area contributed by atoms with Crippen molar-refractivity contribution in [1.29, 1.82) is 0 Å². The van der Waals surface area contributed by atoms with Crippen molar-refractivity contribution in [3.05, 3.63) is 48.5 Å². The van der Waals surface area contributed by atoms with Crippen LogP contribution in [0.25, 0.3) is 0 Å². The van der Waals surface area contributed by atoms with Gasteiger partial charge in [0.2, 0.25) is 17.7 Å². The van der Waals surface area contributed by atoms with Gasteiger partial charge in [-0.2, -0.15) is 0 Å². The summed E-state index contributed by atoms with van der Waals surface area (Å²) in [5.41, 5.74) is 1.78. The highest BCUT2D eigenvalue weighted by molar-refractivity contribution is 5.96. The van der Waals surface area contributed by atoms with Gasteiger partial charge in [0.1, 0.15) is 5.75 Å². The van der Waals surface area contributed by atoms with Crippen molar-refractivity contribution in [2.75, 3.05) is 29.2 Å². The van der Waals surface area contributed by atoms with Crippen molar-refractivity contribution in [2.45, 2.75) is 20.3 Å². The Balaban J connectivity index is 2.02. The number of amides is 3. The maximum absolute atomic E-state index is 12.3. The highest BCUT2D eigenvalue weighted by Gasteiger charge is 2.17. The van der Waals surface area contributed by atoms with Gasteiger partial charge < -0.3 is 20.3 Å². The molecule has 0 aromatic heterocycles. The largest absolute Gasteiger partial charge is 0.495 e. The highest BCUT2D eigenvalue weighted by atomic mass is 16.5. The van der Waals surface area contributed by atoms with Gasteiger partial charge in [0.25, 0.3) is 0 Å². The normalized spacial score (nSPS) is 10.0. The van der Waals surface area contributed by atoms with E-state index in [0.29, 0.717) is 22.8 Å². The minimum absolute atomic E-state index is 0.113. The number of benzene rings is 2. The van der Waals surface area contributed by atoms with Crippen LogP contribution in [0, 0.1) is 0 Å². The molecule has 0 saturated carbocycles. The number of rotatable bonds is 7. The van der Waals surface area contributed by atoms with Gasteiger partial charge in [0.05, 0.1) is 12.8 Å². The summed E-state index contributed by atoms with van der Waals surface area (Å²) in [6.07, 6.45) is 0.113. The van der Waals surface area contributed by atoms with E-state index in [0.717, 1.165) is 0 Å². The molecule has 0 bridgehead atoms. The summed E-state index contributed by atoms with van der Waals surface area (Å²) < 4.78 is 5.29. The Labute approximate surface area is 158 Å². The average Bonchev–Trinajstić information content (AvgIpc) is 2.61. The fourth-order valence-electron chi connectivity index (χ4n) is 2.62. The van der Waals surface area contributed by atoms with Gasteiger partial charge in [-0.25, -0.2) is 0 Å². The molecular weight excluding hydrogens is 346 g/mol. The molecule has 0 fully saturated rings. The van der Waals surface area contributed by atoms with E-state index in [1.54, 1.807) is 42.5 Å². The van der Waals surface area contributed by atoms with E-state index in [1.807, 2.05) is 6.07 Å². The maximum atomic E-state index is 12.3. The molecule has 0 spiro atoms. The van der Waals surface area contributed by atoms with E-state index >= 15 is 0 Å². The Kier molecular flexibility index (Phi) is 6.93. The van der Waals surface area contributed by atoms with Crippen LogP contribution in [0.3, 0.4) is 0 Å². The van der Waals surface area contributed by atoms with Crippen molar-refractivity contribution in [2.24, 2.45) is 0 Å². The summed E-state index contributed by atoms with van der Waals surface area (Å²) >= 11 is 0. The predicted octanol–water partition coefficient (Wildman–Crippen LogP) is 3.04. The zero-order valence-corrected chi connectivity index (χ0v) is 15.6. The van der Waals surface area contributed by atoms with Crippen LogP contribution in [0.4, 0.5) is 17.1 Å². The van der Waals surface area contributed by atoms with Crippen molar-refractivity contribution in [3.63, 3.8) is 0 Å². The monoisotopic (exact) mass is 369 g/mol. The van der Waals surface area contributed by atoms with Crippen LogP contribution in [-0.4, -0.2) is 31.4 Å². The topological polar surface area (TPSA) is 87.7 Å². The molecule has 0 unspecified atom stereocenters. The van der Waals surface area contributed by atoms with Gasteiger partial charge in [-0.15, -0.1) is 0 Å². The molecular formula is C20H23N3O4. The van der Waals surface area contributed by atoms with E-state index < -0.39 is 0 Å². The fourth-order valence-corrected chi connectivity index (χ4v) is 2.62. The van der Waals surface area contributed by atoms with Crippen LogP contribution >= 0.6 is 0 Å². The Bertz CT molecular complexity index is 835. The Morgan fingerprint density at radius 3 is 2.26 bits per heavy atom. The molecule has 142 valence electrons. The van der Waals surface area contributed by atoms with Gasteiger partial charge in [-0.3, -0.25) is 14.4 Å². The number of hydrogen-bond donors (Lipinski definition) is 2. The van der Waals surface area contributed by atoms with Crippen LogP contribution in [0.5, 0.6) is 5.75 Å². The van der Waals surface area contributed by atoms with Gasteiger partial charge in [-0.1, -0.05) is 18.2 Å². The molecule has 0 heterocycles. The molecule has 0 atom stereocenters. The van der Waals surface area contributed by atoms with Crippen molar-refractivity contribution >= 4 is 34.8 Å². The molecule has 0 aliphatic carbocycles. The first kappa shape index (κ1) is 20.0. The minimum Gasteiger partial charge on any atom is -0.495 e. The number of carbonyl (C=O) groups excluding carboxylic acids is 3. The molecule has 2 N–H and O–H groups in total. The quantitative estimate of drug-likeness (QED) is 0.785. The lowest BCUT2D eigenvalue weighted by molar-refractivity contribution is -0.117. The summed E-state index contributed by atoms with van der Waals surface area (Å²) in [6, 6.07) is 14.0. The third kappa shape index (κ3) is 5.85. The van der Waals surface area contributed by atoms with E-state index in [4.69, 9.17) is 4.74 Å². The molecule has 2 aromatic rings. The third-order valence-corrected chi connectivity index (χ3v) is 3.79. The summed E-state index contributed by atoms with van der Waals surface area (Å²) in [7, 11) is 1.53. The molecule has 2 aromatic carbocycles. The minimum atomic E-state index is -0.240. The summed E-state index contributed by atoms with van der Waals surface area (Å²) in [5, 5.41) is 5.43.